The van der Waals surface area contributed by atoms with E-state index in [4.69, 9.17) is 10.00 Å². The molecule has 18 heavy (non-hydrogen) atoms. The van der Waals surface area contributed by atoms with Crippen molar-refractivity contribution in [3.05, 3.63) is 36.5 Å². The molecule has 1 saturated heterocycles. The topological polar surface area (TPSA) is 66.2 Å². The molecule has 0 N–H and O–H groups in total. The SMILES string of the molecule is C=CC(=O)N1CCC(Oc2cc(C#N)ccn2)C1. The Bertz CT molecular complexity index is 507. The van der Waals surface area contributed by atoms with E-state index in [1.807, 2.05) is 6.07 Å². The van der Waals surface area contributed by atoms with Gasteiger partial charge in [-0.1, -0.05) is 6.58 Å². The first-order valence-electron chi connectivity index (χ1n) is 5.67. The molecule has 92 valence electrons. The predicted octanol–water partition coefficient (Wildman–Crippen LogP) is 1.12. The van der Waals surface area contributed by atoms with Gasteiger partial charge in [0.05, 0.1) is 18.2 Å². The van der Waals surface area contributed by atoms with Gasteiger partial charge in [0.2, 0.25) is 11.8 Å². The molecule has 0 radical (unpaired) electrons. The van der Waals surface area contributed by atoms with E-state index in [2.05, 4.69) is 11.6 Å². The highest BCUT2D eigenvalue weighted by Crippen LogP contribution is 2.17. The number of likely N-dealkylation sites (tertiary alicyclic amines) is 1. The second kappa shape index (κ2) is 5.32. The van der Waals surface area contributed by atoms with Gasteiger partial charge in [-0.25, -0.2) is 4.98 Å². The summed E-state index contributed by atoms with van der Waals surface area (Å²) in [6.45, 7) is 4.65. The molecule has 1 unspecified atom stereocenters. The summed E-state index contributed by atoms with van der Waals surface area (Å²) in [5, 5.41) is 8.77. The van der Waals surface area contributed by atoms with Crippen LogP contribution in [0.4, 0.5) is 0 Å². The lowest BCUT2D eigenvalue weighted by Gasteiger charge is -2.15. The van der Waals surface area contributed by atoms with Crippen molar-refractivity contribution in [2.24, 2.45) is 0 Å². The molecule has 0 bridgehead atoms. The molecule has 2 rings (SSSR count). The highest BCUT2D eigenvalue weighted by Gasteiger charge is 2.26. The van der Waals surface area contributed by atoms with Crippen molar-refractivity contribution in [2.75, 3.05) is 13.1 Å². The molecule has 5 heteroatoms. The molecule has 1 aliphatic rings. The van der Waals surface area contributed by atoms with Crippen LogP contribution >= 0.6 is 0 Å². The summed E-state index contributed by atoms with van der Waals surface area (Å²) < 4.78 is 5.65. The maximum Gasteiger partial charge on any atom is 0.246 e. The molecule has 1 atom stereocenters. The van der Waals surface area contributed by atoms with Crippen LogP contribution in [0.25, 0.3) is 0 Å². The first kappa shape index (κ1) is 12.1. The fourth-order valence-electron chi connectivity index (χ4n) is 1.87. The molecule has 2 heterocycles. The molecule has 0 aliphatic carbocycles. The van der Waals surface area contributed by atoms with Crippen LogP contribution < -0.4 is 4.74 Å². The number of hydrogen-bond donors (Lipinski definition) is 0. The van der Waals surface area contributed by atoms with Crippen molar-refractivity contribution < 1.29 is 9.53 Å². The quantitative estimate of drug-likeness (QED) is 0.746. The number of carbonyl (C=O) groups excluding carboxylic acids is 1. The summed E-state index contributed by atoms with van der Waals surface area (Å²) >= 11 is 0. The molecule has 5 nitrogen and oxygen atoms in total. The summed E-state index contributed by atoms with van der Waals surface area (Å²) in [5.41, 5.74) is 0.511. The fraction of sp³-hybridized carbons (Fsp3) is 0.308. The first-order chi connectivity index (χ1) is 8.72. The van der Waals surface area contributed by atoms with Crippen LogP contribution in [0.2, 0.25) is 0 Å². The van der Waals surface area contributed by atoms with Crippen LogP contribution in [0.3, 0.4) is 0 Å². The van der Waals surface area contributed by atoms with E-state index in [1.165, 1.54) is 12.3 Å². The fourth-order valence-corrected chi connectivity index (χ4v) is 1.87. The monoisotopic (exact) mass is 243 g/mol. The van der Waals surface area contributed by atoms with Gasteiger partial charge in [-0.05, 0) is 12.1 Å². The normalized spacial score (nSPS) is 18.2. The second-order valence-electron chi connectivity index (χ2n) is 4.01. The Kier molecular flexibility index (Phi) is 3.58. The minimum absolute atomic E-state index is 0.0738. The molecule has 0 spiro atoms. The molecule has 1 aliphatic heterocycles. The van der Waals surface area contributed by atoms with Gasteiger partial charge < -0.3 is 9.64 Å². The van der Waals surface area contributed by atoms with Crippen LogP contribution in [0.5, 0.6) is 5.88 Å². The van der Waals surface area contributed by atoms with Gasteiger partial charge in [0.1, 0.15) is 6.10 Å². The Morgan fingerprint density at radius 3 is 3.28 bits per heavy atom. The van der Waals surface area contributed by atoms with Gasteiger partial charge in [-0.2, -0.15) is 5.26 Å². The van der Waals surface area contributed by atoms with Gasteiger partial charge in [0.15, 0.2) is 0 Å². The molecule has 1 amide bonds. The average molecular weight is 243 g/mol. The molecular formula is C13H13N3O2. The third-order valence-corrected chi connectivity index (χ3v) is 2.78. The zero-order chi connectivity index (χ0) is 13.0. The number of rotatable bonds is 3. The van der Waals surface area contributed by atoms with Crippen molar-refractivity contribution in [1.82, 2.24) is 9.88 Å². The standard InChI is InChI=1S/C13H13N3O2/c1-2-13(17)16-6-4-11(9-16)18-12-7-10(8-14)3-5-15-12/h2-3,5,7,11H,1,4,6,9H2. The molecule has 1 fully saturated rings. The van der Waals surface area contributed by atoms with Gasteiger partial charge in [-0.3, -0.25) is 4.79 Å². The maximum atomic E-state index is 11.4. The van der Waals surface area contributed by atoms with Crippen LogP contribution in [0.15, 0.2) is 31.0 Å². The van der Waals surface area contributed by atoms with E-state index >= 15 is 0 Å². The Morgan fingerprint density at radius 1 is 1.72 bits per heavy atom. The van der Waals surface area contributed by atoms with Crippen molar-refractivity contribution in [2.45, 2.75) is 12.5 Å². The van der Waals surface area contributed by atoms with E-state index < -0.39 is 0 Å². The van der Waals surface area contributed by atoms with Crippen LogP contribution in [0, 0.1) is 11.3 Å². The highest BCUT2D eigenvalue weighted by atomic mass is 16.5. The number of hydrogen-bond acceptors (Lipinski definition) is 4. The lowest BCUT2D eigenvalue weighted by atomic mass is 10.3. The van der Waals surface area contributed by atoms with E-state index in [9.17, 15) is 4.79 Å². The van der Waals surface area contributed by atoms with E-state index in [1.54, 1.807) is 17.0 Å². The van der Waals surface area contributed by atoms with Gasteiger partial charge in [-0.15, -0.1) is 0 Å². The molecule has 0 aromatic carbocycles. The molecular weight excluding hydrogens is 230 g/mol. The Morgan fingerprint density at radius 2 is 2.56 bits per heavy atom. The van der Waals surface area contributed by atoms with E-state index in [-0.39, 0.29) is 12.0 Å². The third kappa shape index (κ3) is 2.66. The number of nitriles is 1. The van der Waals surface area contributed by atoms with E-state index in [0.717, 1.165) is 6.42 Å². The Labute approximate surface area is 105 Å². The first-order valence-corrected chi connectivity index (χ1v) is 5.67. The zero-order valence-electron chi connectivity index (χ0n) is 9.87. The predicted molar refractivity (Wildman–Crippen MR) is 64.8 cm³/mol. The average Bonchev–Trinajstić information content (AvgIpc) is 2.86. The highest BCUT2D eigenvalue weighted by molar-refractivity contribution is 5.87. The number of amides is 1. The second-order valence-corrected chi connectivity index (χ2v) is 4.01. The molecule has 1 aromatic heterocycles. The number of carbonyl (C=O) groups is 1. The van der Waals surface area contributed by atoms with E-state index in [0.29, 0.717) is 24.5 Å². The maximum absolute atomic E-state index is 11.4. The molecule has 1 aromatic rings. The van der Waals surface area contributed by atoms with Gasteiger partial charge in [0, 0.05) is 25.2 Å². The lowest BCUT2D eigenvalue weighted by Crippen LogP contribution is -2.29. The number of ether oxygens (including phenoxy) is 1. The van der Waals surface area contributed by atoms with Crippen LogP contribution in [-0.4, -0.2) is 35.0 Å². The van der Waals surface area contributed by atoms with Crippen molar-refractivity contribution in [3.63, 3.8) is 0 Å². The summed E-state index contributed by atoms with van der Waals surface area (Å²) in [5.74, 6) is 0.340. The van der Waals surface area contributed by atoms with Crippen molar-refractivity contribution in [3.8, 4) is 11.9 Å². The lowest BCUT2D eigenvalue weighted by molar-refractivity contribution is -0.125. The summed E-state index contributed by atoms with van der Waals surface area (Å²) in [6.07, 6.45) is 3.53. The number of aromatic nitrogens is 1. The van der Waals surface area contributed by atoms with Gasteiger partial charge >= 0.3 is 0 Å². The summed E-state index contributed by atoms with van der Waals surface area (Å²) in [6, 6.07) is 5.25. The van der Waals surface area contributed by atoms with Crippen LogP contribution in [0.1, 0.15) is 12.0 Å². The van der Waals surface area contributed by atoms with Crippen molar-refractivity contribution >= 4 is 5.91 Å². The Hall–Kier alpha value is -2.35. The largest absolute Gasteiger partial charge is 0.472 e. The number of nitrogens with zero attached hydrogens (tertiary/aromatic N) is 3. The molecule has 0 saturated carbocycles. The zero-order valence-corrected chi connectivity index (χ0v) is 9.87. The summed E-state index contributed by atoms with van der Waals surface area (Å²) in [4.78, 5) is 17.1. The Balaban J connectivity index is 1.97. The van der Waals surface area contributed by atoms with Crippen LogP contribution in [-0.2, 0) is 4.79 Å². The smallest absolute Gasteiger partial charge is 0.246 e. The third-order valence-electron chi connectivity index (χ3n) is 2.78. The summed E-state index contributed by atoms with van der Waals surface area (Å²) in [7, 11) is 0. The minimum Gasteiger partial charge on any atom is -0.472 e. The number of pyridine rings is 1. The van der Waals surface area contributed by atoms with Gasteiger partial charge in [0.25, 0.3) is 0 Å². The van der Waals surface area contributed by atoms with Crippen molar-refractivity contribution in [1.29, 1.82) is 5.26 Å². The minimum atomic E-state index is -0.0835.